The number of aliphatic hydroxyl groups is 1. The minimum atomic E-state index is -1.07. The zero-order chi connectivity index (χ0) is 18.9. The van der Waals surface area contributed by atoms with Crippen molar-refractivity contribution in [2.45, 2.75) is 64.3 Å². The fourth-order valence-electron chi connectivity index (χ4n) is 5.04. The maximum atomic E-state index is 13.4. The zero-order valence-electron chi connectivity index (χ0n) is 16.1. The number of aromatic amines is 1. The average Bonchev–Trinajstić information content (AvgIpc) is 3.24. The largest absolute Gasteiger partial charge is 0.361 e. The first-order valence-corrected chi connectivity index (χ1v) is 9.79. The number of hydrogen-bond acceptors (Lipinski definition) is 4. The Morgan fingerprint density at radius 3 is 2.65 bits per heavy atom. The average molecular weight is 361 g/mol. The number of aliphatic hydroxyl groups excluding tert-OH is 1. The first-order chi connectivity index (χ1) is 12.4. The number of nitrogens with zero attached hydrogens (tertiary/aromatic N) is 2. The monoisotopic (exact) mass is 361 g/mol. The van der Waals surface area contributed by atoms with Crippen LogP contribution in [0.5, 0.6) is 0 Å². The van der Waals surface area contributed by atoms with Crippen LogP contribution < -0.4 is 0 Å². The molecule has 1 aliphatic heterocycles. The van der Waals surface area contributed by atoms with Gasteiger partial charge in [-0.3, -0.25) is 14.5 Å². The van der Waals surface area contributed by atoms with Crippen LogP contribution in [0.15, 0.2) is 18.3 Å². The Morgan fingerprint density at radius 1 is 1.38 bits per heavy atom. The Morgan fingerprint density at radius 2 is 2.08 bits per heavy atom. The molecule has 0 bridgehead atoms. The van der Waals surface area contributed by atoms with Crippen molar-refractivity contribution in [3.63, 3.8) is 0 Å². The summed E-state index contributed by atoms with van der Waals surface area (Å²) in [5, 5.41) is 10.7. The van der Waals surface area contributed by atoms with Crippen LogP contribution in [-0.2, 0) is 4.79 Å². The van der Waals surface area contributed by atoms with E-state index >= 15 is 0 Å². The third-order valence-electron chi connectivity index (χ3n) is 6.64. The number of carbonyl (C=O) groups excluding carboxylic acids is 2. The van der Waals surface area contributed by atoms with E-state index in [1.54, 1.807) is 30.3 Å². The standard InChI is InChI=1S/C20H31N3O3/c1-4-15(14-9-6-5-7-10-14)20(2)18(25)23(19(26)22(20)3)13-17(24)16-11-8-12-21-16/h8,11-12,14-15,19,21,26H,4-7,9-10,13H2,1-3H3/t15-,19?,20+/m0/s1. The van der Waals surface area contributed by atoms with Crippen LogP contribution in [0.1, 0.15) is 62.9 Å². The van der Waals surface area contributed by atoms with Gasteiger partial charge in [0.15, 0.2) is 12.1 Å². The molecule has 1 amide bonds. The van der Waals surface area contributed by atoms with E-state index in [1.807, 2.05) is 6.92 Å². The van der Waals surface area contributed by atoms with Gasteiger partial charge in [0.25, 0.3) is 0 Å². The number of aromatic nitrogens is 1. The van der Waals surface area contributed by atoms with Gasteiger partial charge in [-0.15, -0.1) is 0 Å². The number of likely N-dealkylation sites (N-methyl/N-ethyl adjacent to an activating group) is 1. The molecule has 1 aromatic heterocycles. The maximum Gasteiger partial charge on any atom is 0.246 e. The number of amides is 1. The van der Waals surface area contributed by atoms with Crippen molar-refractivity contribution in [2.75, 3.05) is 13.6 Å². The second kappa shape index (κ2) is 7.53. The van der Waals surface area contributed by atoms with Crippen LogP contribution in [0.25, 0.3) is 0 Å². The highest BCUT2D eigenvalue weighted by atomic mass is 16.3. The van der Waals surface area contributed by atoms with Crippen LogP contribution in [-0.4, -0.2) is 57.1 Å². The first-order valence-electron chi connectivity index (χ1n) is 9.79. The van der Waals surface area contributed by atoms with Crippen LogP contribution in [0.2, 0.25) is 0 Å². The summed E-state index contributed by atoms with van der Waals surface area (Å²) in [4.78, 5) is 31.8. The minimum absolute atomic E-state index is 0.110. The topological polar surface area (TPSA) is 76.6 Å². The number of carbonyl (C=O) groups is 2. The third-order valence-corrected chi connectivity index (χ3v) is 6.64. The van der Waals surface area contributed by atoms with Crippen LogP contribution >= 0.6 is 0 Å². The summed E-state index contributed by atoms with van der Waals surface area (Å²) >= 11 is 0. The predicted octanol–water partition coefficient (Wildman–Crippen LogP) is 2.61. The van der Waals surface area contributed by atoms with Crippen molar-refractivity contribution >= 4 is 11.7 Å². The summed E-state index contributed by atoms with van der Waals surface area (Å²) in [5.41, 5.74) is -0.313. The molecule has 1 saturated heterocycles. The number of Topliss-reactive ketones (excluding diaryl/α,β-unsaturated/α-hetero) is 1. The molecule has 2 heterocycles. The van der Waals surface area contributed by atoms with Gasteiger partial charge < -0.3 is 10.1 Å². The van der Waals surface area contributed by atoms with Crippen molar-refractivity contribution in [1.29, 1.82) is 0 Å². The summed E-state index contributed by atoms with van der Waals surface area (Å²) in [6.07, 6.45) is 7.50. The number of nitrogens with one attached hydrogen (secondary N) is 1. The Hall–Kier alpha value is -1.66. The molecule has 1 saturated carbocycles. The van der Waals surface area contributed by atoms with Gasteiger partial charge in [0.05, 0.1) is 12.2 Å². The van der Waals surface area contributed by atoms with Crippen molar-refractivity contribution in [2.24, 2.45) is 11.8 Å². The second-order valence-corrected chi connectivity index (χ2v) is 7.96. The molecule has 26 heavy (non-hydrogen) atoms. The highest BCUT2D eigenvalue weighted by Gasteiger charge is 2.57. The number of ketones is 1. The van der Waals surface area contributed by atoms with E-state index in [2.05, 4.69) is 11.9 Å². The predicted molar refractivity (Wildman–Crippen MR) is 99.4 cm³/mol. The summed E-state index contributed by atoms with van der Waals surface area (Å²) in [7, 11) is 1.80. The molecule has 2 fully saturated rings. The molecule has 6 nitrogen and oxygen atoms in total. The maximum absolute atomic E-state index is 13.4. The molecular formula is C20H31N3O3. The van der Waals surface area contributed by atoms with E-state index in [0.29, 0.717) is 11.6 Å². The van der Waals surface area contributed by atoms with Gasteiger partial charge in [-0.2, -0.15) is 0 Å². The highest BCUT2D eigenvalue weighted by Crippen LogP contribution is 2.44. The van der Waals surface area contributed by atoms with Crippen molar-refractivity contribution < 1.29 is 14.7 Å². The lowest BCUT2D eigenvalue weighted by molar-refractivity contribution is -0.137. The van der Waals surface area contributed by atoms with Gasteiger partial charge in [-0.25, -0.2) is 4.90 Å². The van der Waals surface area contributed by atoms with Gasteiger partial charge in [-0.05, 0) is 37.9 Å². The molecule has 0 spiro atoms. The lowest BCUT2D eigenvalue weighted by Crippen LogP contribution is -2.54. The van der Waals surface area contributed by atoms with Gasteiger partial charge >= 0.3 is 0 Å². The van der Waals surface area contributed by atoms with Crippen molar-refractivity contribution in [1.82, 2.24) is 14.8 Å². The normalized spacial score (nSPS) is 29.3. The Labute approximate surface area is 155 Å². The van der Waals surface area contributed by atoms with E-state index in [1.165, 1.54) is 24.2 Å². The fourth-order valence-corrected chi connectivity index (χ4v) is 5.04. The molecule has 3 atom stereocenters. The van der Waals surface area contributed by atoms with E-state index in [9.17, 15) is 14.7 Å². The van der Waals surface area contributed by atoms with Gasteiger partial charge in [0.2, 0.25) is 5.91 Å². The SMILES string of the molecule is CC[C@@H](C1CCCCC1)[C@]1(C)C(=O)N(CC(=O)c2ccc[nH]2)C(O)N1C. The molecule has 2 N–H and O–H groups in total. The van der Waals surface area contributed by atoms with E-state index in [-0.39, 0.29) is 24.2 Å². The molecule has 144 valence electrons. The Bertz CT molecular complexity index is 639. The smallest absolute Gasteiger partial charge is 0.246 e. The van der Waals surface area contributed by atoms with Gasteiger partial charge in [0, 0.05) is 6.20 Å². The molecule has 1 unspecified atom stereocenters. The minimum Gasteiger partial charge on any atom is -0.361 e. The molecule has 1 aromatic rings. The number of H-pyrrole nitrogens is 1. The molecule has 2 aliphatic rings. The zero-order valence-corrected chi connectivity index (χ0v) is 16.1. The lowest BCUT2D eigenvalue weighted by atomic mass is 9.69. The summed E-state index contributed by atoms with van der Waals surface area (Å²) in [5.74, 6) is 0.354. The van der Waals surface area contributed by atoms with Crippen LogP contribution in [0.3, 0.4) is 0 Å². The first kappa shape index (κ1) is 19.1. The van der Waals surface area contributed by atoms with E-state index in [0.717, 1.165) is 19.3 Å². The number of rotatable bonds is 6. The van der Waals surface area contributed by atoms with E-state index < -0.39 is 11.9 Å². The molecule has 0 aromatic carbocycles. The molecular weight excluding hydrogens is 330 g/mol. The Balaban J connectivity index is 1.83. The van der Waals surface area contributed by atoms with E-state index in [4.69, 9.17) is 0 Å². The number of hydrogen-bond donors (Lipinski definition) is 2. The molecule has 3 rings (SSSR count). The lowest BCUT2D eigenvalue weighted by Gasteiger charge is -2.42. The molecule has 6 heteroatoms. The quantitative estimate of drug-likeness (QED) is 0.764. The van der Waals surface area contributed by atoms with Crippen LogP contribution in [0, 0.1) is 11.8 Å². The molecule has 0 radical (unpaired) electrons. The summed E-state index contributed by atoms with van der Waals surface area (Å²) < 4.78 is 0. The van der Waals surface area contributed by atoms with Crippen molar-refractivity contribution in [3.05, 3.63) is 24.0 Å². The molecule has 1 aliphatic carbocycles. The Kier molecular flexibility index (Phi) is 5.53. The highest BCUT2D eigenvalue weighted by molar-refractivity contribution is 5.99. The second-order valence-electron chi connectivity index (χ2n) is 7.96. The van der Waals surface area contributed by atoms with Gasteiger partial charge in [0.1, 0.15) is 5.54 Å². The van der Waals surface area contributed by atoms with Crippen molar-refractivity contribution in [3.8, 4) is 0 Å². The fraction of sp³-hybridized carbons (Fsp3) is 0.700. The summed E-state index contributed by atoms with van der Waals surface area (Å²) in [6.45, 7) is 3.97. The van der Waals surface area contributed by atoms with Gasteiger partial charge in [-0.1, -0.05) is 45.4 Å². The third kappa shape index (κ3) is 3.09. The van der Waals surface area contributed by atoms with Crippen LogP contribution in [0.4, 0.5) is 0 Å². The summed E-state index contributed by atoms with van der Waals surface area (Å²) in [6, 6.07) is 3.44.